The number of amides is 1. The summed E-state index contributed by atoms with van der Waals surface area (Å²) in [4.78, 5) is 22.1. The Bertz CT molecular complexity index is 1010. The lowest BCUT2D eigenvalue weighted by Crippen LogP contribution is -2.50. The number of carbonyl (C=O) groups is 1. The molecule has 0 N–H and O–H groups in total. The number of carbonyl (C=O) groups excluding carboxylic acids is 1. The maximum absolute atomic E-state index is 13.3. The van der Waals surface area contributed by atoms with Gasteiger partial charge < -0.3 is 9.42 Å². The molecule has 6 nitrogen and oxygen atoms in total. The second kappa shape index (κ2) is 8.40. The first-order valence-corrected chi connectivity index (χ1v) is 10.7. The van der Waals surface area contributed by atoms with Crippen LogP contribution in [0.4, 0.5) is 0 Å². The van der Waals surface area contributed by atoms with Gasteiger partial charge in [0, 0.05) is 26.1 Å². The monoisotopic (exact) mass is 402 g/mol. The van der Waals surface area contributed by atoms with E-state index in [-0.39, 0.29) is 11.9 Å². The van der Waals surface area contributed by atoms with Crippen molar-refractivity contribution >= 4 is 5.91 Å². The summed E-state index contributed by atoms with van der Waals surface area (Å²) in [6.45, 7) is 2.94. The minimum Gasteiger partial charge on any atom is -0.341 e. The average Bonchev–Trinajstić information content (AvgIpc) is 3.46. The first-order valence-electron chi connectivity index (χ1n) is 10.7. The Labute approximate surface area is 176 Å². The van der Waals surface area contributed by atoms with E-state index in [4.69, 9.17) is 4.52 Å². The van der Waals surface area contributed by atoms with Crippen molar-refractivity contribution in [1.82, 2.24) is 19.9 Å². The van der Waals surface area contributed by atoms with Crippen molar-refractivity contribution in [1.29, 1.82) is 0 Å². The van der Waals surface area contributed by atoms with Crippen LogP contribution in [0, 0.1) is 0 Å². The van der Waals surface area contributed by atoms with Crippen LogP contribution in [0.2, 0.25) is 0 Å². The maximum atomic E-state index is 13.3. The number of fused-ring (bicyclic) bond motifs is 1. The van der Waals surface area contributed by atoms with Gasteiger partial charge >= 0.3 is 0 Å². The molecule has 2 aliphatic rings. The van der Waals surface area contributed by atoms with Gasteiger partial charge in [-0.05, 0) is 36.0 Å². The molecule has 1 fully saturated rings. The molecule has 6 heteroatoms. The lowest BCUT2D eigenvalue weighted by atomic mass is 9.93. The van der Waals surface area contributed by atoms with E-state index in [1.807, 2.05) is 23.1 Å². The highest BCUT2D eigenvalue weighted by molar-refractivity contribution is 5.82. The number of benzene rings is 2. The van der Waals surface area contributed by atoms with Crippen LogP contribution in [0.25, 0.3) is 0 Å². The first kappa shape index (κ1) is 19.0. The fourth-order valence-electron chi connectivity index (χ4n) is 4.51. The van der Waals surface area contributed by atoms with Crippen LogP contribution in [0.15, 0.2) is 59.1 Å². The Kier molecular flexibility index (Phi) is 5.32. The summed E-state index contributed by atoms with van der Waals surface area (Å²) in [5.41, 5.74) is 3.69. The zero-order chi connectivity index (χ0) is 20.3. The predicted octanol–water partition coefficient (Wildman–Crippen LogP) is 3.21. The summed E-state index contributed by atoms with van der Waals surface area (Å²) in [5, 5.41) is 4.16. The van der Waals surface area contributed by atoms with Crippen LogP contribution in [0.1, 0.15) is 41.2 Å². The van der Waals surface area contributed by atoms with E-state index < -0.39 is 0 Å². The molecule has 1 amide bonds. The van der Waals surface area contributed by atoms with Gasteiger partial charge in [-0.25, -0.2) is 0 Å². The highest BCUT2D eigenvalue weighted by Crippen LogP contribution is 2.27. The van der Waals surface area contributed by atoms with Crippen LogP contribution in [-0.4, -0.2) is 45.0 Å². The quantitative estimate of drug-likeness (QED) is 0.656. The third kappa shape index (κ3) is 4.00. The Morgan fingerprint density at radius 2 is 1.73 bits per heavy atom. The van der Waals surface area contributed by atoms with Gasteiger partial charge in [-0.15, -0.1) is 0 Å². The van der Waals surface area contributed by atoms with Crippen LogP contribution < -0.4 is 0 Å². The zero-order valence-corrected chi connectivity index (χ0v) is 17.0. The fourth-order valence-corrected chi connectivity index (χ4v) is 4.51. The molecule has 1 saturated heterocycles. The molecule has 2 aromatic carbocycles. The van der Waals surface area contributed by atoms with Gasteiger partial charge in [-0.1, -0.05) is 59.8 Å². The van der Waals surface area contributed by atoms with Crippen molar-refractivity contribution in [3.8, 4) is 0 Å². The van der Waals surface area contributed by atoms with E-state index in [0.717, 1.165) is 44.5 Å². The van der Waals surface area contributed by atoms with Crippen molar-refractivity contribution in [2.75, 3.05) is 13.1 Å². The Morgan fingerprint density at radius 1 is 1.00 bits per heavy atom. The SMILES string of the molecule is O=C([C@@H]1Cc2ccccc2CN1Cc1nc(Cc2ccccc2)no1)N1CCCC1. The molecule has 2 aliphatic heterocycles. The number of likely N-dealkylation sites (tertiary alicyclic amines) is 1. The van der Waals surface area contributed by atoms with Gasteiger partial charge in [0.25, 0.3) is 0 Å². The molecule has 0 spiro atoms. The molecule has 3 heterocycles. The Balaban J connectivity index is 1.35. The smallest absolute Gasteiger partial charge is 0.240 e. The third-order valence-corrected chi connectivity index (χ3v) is 6.10. The van der Waals surface area contributed by atoms with Gasteiger partial charge in [0.15, 0.2) is 5.82 Å². The van der Waals surface area contributed by atoms with Gasteiger partial charge in [-0.2, -0.15) is 4.98 Å². The van der Waals surface area contributed by atoms with Crippen LogP contribution in [0.3, 0.4) is 0 Å². The highest BCUT2D eigenvalue weighted by atomic mass is 16.5. The second-order valence-electron chi connectivity index (χ2n) is 8.19. The molecule has 0 radical (unpaired) electrons. The molecule has 0 bridgehead atoms. The van der Waals surface area contributed by atoms with Crippen molar-refractivity contribution in [3.63, 3.8) is 0 Å². The fraction of sp³-hybridized carbons (Fsp3) is 0.375. The van der Waals surface area contributed by atoms with Gasteiger partial charge in [0.2, 0.25) is 11.8 Å². The van der Waals surface area contributed by atoms with Crippen molar-refractivity contribution < 1.29 is 9.32 Å². The van der Waals surface area contributed by atoms with E-state index >= 15 is 0 Å². The van der Waals surface area contributed by atoms with E-state index in [1.165, 1.54) is 11.1 Å². The summed E-state index contributed by atoms with van der Waals surface area (Å²) in [6, 6.07) is 18.4. The molecule has 1 atom stereocenters. The number of hydrogen-bond donors (Lipinski definition) is 0. The minimum absolute atomic E-state index is 0.178. The molecule has 0 aliphatic carbocycles. The topological polar surface area (TPSA) is 62.5 Å². The van der Waals surface area contributed by atoms with Crippen LogP contribution >= 0.6 is 0 Å². The molecule has 5 rings (SSSR count). The maximum Gasteiger partial charge on any atom is 0.240 e. The van der Waals surface area contributed by atoms with E-state index in [1.54, 1.807) is 0 Å². The first-order chi connectivity index (χ1) is 14.8. The minimum atomic E-state index is -0.178. The van der Waals surface area contributed by atoms with Crippen LogP contribution in [0.5, 0.6) is 0 Å². The van der Waals surface area contributed by atoms with Gasteiger partial charge in [0.05, 0.1) is 12.6 Å². The molecular weight excluding hydrogens is 376 g/mol. The summed E-state index contributed by atoms with van der Waals surface area (Å²) < 4.78 is 5.55. The number of nitrogens with zero attached hydrogens (tertiary/aromatic N) is 4. The lowest BCUT2D eigenvalue weighted by molar-refractivity contribution is -0.137. The summed E-state index contributed by atoms with van der Waals surface area (Å²) in [6.07, 6.45) is 3.57. The standard InChI is InChI=1S/C24H26N4O2/c29-24(27-12-6-7-13-27)21-15-19-10-4-5-11-20(19)16-28(21)17-23-25-22(26-30-23)14-18-8-2-1-3-9-18/h1-5,8-11,21H,6-7,12-17H2/t21-/m0/s1. The van der Waals surface area contributed by atoms with Gasteiger partial charge in [0.1, 0.15) is 0 Å². The largest absolute Gasteiger partial charge is 0.341 e. The molecule has 3 aromatic rings. The predicted molar refractivity (Wildman–Crippen MR) is 113 cm³/mol. The van der Waals surface area contributed by atoms with E-state index in [2.05, 4.69) is 51.4 Å². The highest BCUT2D eigenvalue weighted by Gasteiger charge is 2.35. The Morgan fingerprint density at radius 3 is 2.53 bits per heavy atom. The third-order valence-electron chi connectivity index (χ3n) is 6.10. The average molecular weight is 402 g/mol. The summed E-state index contributed by atoms with van der Waals surface area (Å²) >= 11 is 0. The molecule has 1 aromatic heterocycles. The zero-order valence-electron chi connectivity index (χ0n) is 17.0. The lowest BCUT2D eigenvalue weighted by Gasteiger charge is -2.37. The van der Waals surface area contributed by atoms with Crippen molar-refractivity contribution in [3.05, 3.63) is 83.0 Å². The summed E-state index contributed by atoms with van der Waals surface area (Å²) in [5.74, 6) is 1.47. The normalized spacial score (nSPS) is 19.1. The van der Waals surface area contributed by atoms with E-state index in [0.29, 0.717) is 24.7 Å². The molecule has 0 unspecified atom stereocenters. The second-order valence-corrected chi connectivity index (χ2v) is 8.19. The van der Waals surface area contributed by atoms with Crippen molar-refractivity contribution in [2.24, 2.45) is 0 Å². The number of aromatic nitrogens is 2. The van der Waals surface area contributed by atoms with Crippen LogP contribution in [-0.2, 0) is 30.7 Å². The molecular formula is C24H26N4O2. The van der Waals surface area contributed by atoms with E-state index in [9.17, 15) is 4.79 Å². The Hall–Kier alpha value is -2.99. The number of hydrogen-bond acceptors (Lipinski definition) is 5. The molecule has 0 saturated carbocycles. The molecule has 30 heavy (non-hydrogen) atoms. The number of rotatable bonds is 5. The summed E-state index contributed by atoms with van der Waals surface area (Å²) in [7, 11) is 0. The van der Waals surface area contributed by atoms with Gasteiger partial charge in [-0.3, -0.25) is 9.69 Å². The molecule has 154 valence electrons. The van der Waals surface area contributed by atoms with Crippen molar-refractivity contribution in [2.45, 2.75) is 44.8 Å².